The van der Waals surface area contributed by atoms with Gasteiger partial charge in [-0.2, -0.15) is 0 Å². The molecule has 0 bridgehead atoms. The number of anilines is 3. The first-order valence-corrected chi connectivity index (χ1v) is 14.1. The number of aryl methyl sites for hydroxylation is 1. The van der Waals surface area contributed by atoms with Crippen LogP contribution in [0.4, 0.5) is 17.1 Å². The predicted molar refractivity (Wildman–Crippen MR) is 168 cm³/mol. The number of benzene rings is 2. The van der Waals surface area contributed by atoms with Crippen LogP contribution < -0.4 is 20.0 Å². The standard InChI is InChI=1S/C32H38N6S/c1-7-36(8-2)25-14-18-26(19-15-25)37-22(3)21-28(23(37)4)31-30(29-11-9-10-20-33-29)34-32(39)38(31)27-16-12-24(13-17-27)35(5)6/h9-21,30-31H,7-8H2,1-6H3,(H,34,39)/t30-,31+/m0/s1. The molecule has 2 atom stereocenters. The van der Waals surface area contributed by atoms with Crippen LogP contribution in [0.1, 0.15) is 48.6 Å². The fraction of sp³-hybridized carbons (Fsp3) is 0.312. The molecule has 5 rings (SSSR count). The second-order valence-electron chi connectivity index (χ2n) is 10.3. The van der Waals surface area contributed by atoms with E-state index in [1.54, 1.807) is 0 Å². The average molecular weight is 539 g/mol. The van der Waals surface area contributed by atoms with Gasteiger partial charge in [-0.3, -0.25) is 4.98 Å². The average Bonchev–Trinajstić information content (AvgIpc) is 3.45. The van der Waals surface area contributed by atoms with Crippen molar-refractivity contribution in [3.05, 3.63) is 102 Å². The third-order valence-corrected chi connectivity index (χ3v) is 8.08. The maximum atomic E-state index is 5.96. The summed E-state index contributed by atoms with van der Waals surface area (Å²) in [6.45, 7) is 10.8. The summed E-state index contributed by atoms with van der Waals surface area (Å²) in [6, 6.07) is 25.8. The highest BCUT2D eigenvalue weighted by Gasteiger charge is 2.42. The van der Waals surface area contributed by atoms with Gasteiger partial charge >= 0.3 is 0 Å². The third kappa shape index (κ3) is 4.99. The zero-order valence-corrected chi connectivity index (χ0v) is 24.5. The number of rotatable bonds is 8. The molecule has 7 heteroatoms. The van der Waals surface area contributed by atoms with Crippen LogP contribution in [-0.4, -0.2) is 41.8 Å². The van der Waals surface area contributed by atoms with Gasteiger partial charge in [-0.25, -0.2) is 0 Å². The Balaban J connectivity index is 1.60. The van der Waals surface area contributed by atoms with Gasteiger partial charge in [-0.15, -0.1) is 0 Å². The van der Waals surface area contributed by atoms with Gasteiger partial charge in [-0.1, -0.05) is 6.07 Å². The molecule has 1 aliphatic rings. The number of nitrogens with zero attached hydrogens (tertiary/aromatic N) is 5. The van der Waals surface area contributed by atoms with Crippen LogP contribution in [0.25, 0.3) is 5.69 Å². The SMILES string of the molecule is CCN(CC)c1ccc(-n2c(C)cc([C@@H]3[C@H](c4ccccn4)NC(=S)N3c3ccc(N(C)C)cc3)c2C)cc1. The molecule has 6 nitrogen and oxygen atoms in total. The summed E-state index contributed by atoms with van der Waals surface area (Å²) in [5, 5.41) is 4.31. The van der Waals surface area contributed by atoms with Crippen LogP contribution in [0.15, 0.2) is 79.0 Å². The van der Waals surface area contributed by atoms with Crippen LogP contribution in [-0.2, 0) is 0 Å². The van der Waals surface area contributed by atoms with Crippen LogP contribution in [0.5, 0.6) is 0 Å². The molecule has 0 radical (unpaired) electrons. The molecular formula is C32H38N6S. The first-order chi connectivity index (χ1) is 18.8. The molecule has 1 fully saturated rings. The molecule has 4 aromatic rings. The van der Waals surface area contributed by atoms with Gasteiger partial charge in [0, 0.05) is 67.5 Å². The summed E-state index contributed by atoms with van der Waals surface area (Å²) in [5.74, 6) is 0. The van der Waals surface area contributed by atoms with Gasteiger partial charge in [0.1, 0.15) is 0 Å². The lowest BCUT2D eigenvalue weighted by atomic mass is 9.96. The molecule has 2 aromatic heterocycles. The number of hydrogen-bond donors (Lipinski definition) is 1. The molecule has 1 saturated heterocycles. The molecule has 0 amide bonds. The van der Waals surface area contributed by atoms with Gasteiger partial charge in [0.2, 0.25) is 0 Å². The van der Waals surface area contributed by atoms with Crippen molar-refractivity contribution in [1.82, 2.24) is 14.9 Å². The summed E-state index contributed by atoms with van der Waals surface area (Å²) >= 11 is 5.96. The van der Waals surface area contributed by atoms with E-state index in [0.717, 1.165) is 35.8 Å². The first kappa shape index (κ1) is 26.8. The van der Waals surface area contributed by atoms with E-state index < -0.39 is 0 Å². The van der Waals surface area contributed by atoms with Gasteiger partial charge in [0.25, 0.3) is 0 Å². The number of hydrogen-bond acceptors (Lipinski definition) is 4. The second-order valence-corrected chi connectivity index (χ2v) is 10.6. The van der Waals surface area contributed by atoms with Crippen molar-refractivity contribution in [2.24, 2.45) is 0 Å². The molecule has 2 aromatic carbocycles. The minimum absolute atomic E-state index is 0.0486. The first-order valence-electron chi connectivity index (χ1n) is 13.7. The Hall–Kier alpha value is -3.84. The molecule has 202 valence electrons. The molecule has 0 spiro atoms. The summed E-state index contributed by atoms with van der Waals surface area (Å²) in [7, 11) is 4.11. The highest BCUT2D eigenvalue weighted by Crippen LogP contribution is 2.44. The maximum Gasteiger partial charge on any atom is 0.174 e. The van der Waals surface area contributed by atoms with Crippen molar-refractivity contribution < 1.29 is 0 Å². The molecule has 1 aliphatic heterocycles. The van der Waals surface area contributed by atoms with Gasteiger partial charge in [0.05, 0.1) is 17.8 Å². The molecule has 3 heterocycles. The minimum Gasteiger partial charge on any atom is -0.378 e. The van der Waals surface area contributed by atoms with E-state index in [2.05, 4.69) is 127 Å². The van der Waals surface area contributed by atoms with Crippen LogP contribution in [0, 0.1) is 13.8 Å². The van der Waals surface area contributed by atoms with E-state index in [-0.39, 0.29) is 12.1 Å². The number of pyridine rings is 1. The monoisotopic (exact) mass is 538 g/mol. The Labute approximate surface area is 237 Å². The highest BCUT2D eigenvalue weighted by molar-refractivity contribution is 7.80. The Kier molecular flexibility index (Phi) is 7.62. The lowest BCUT2D eigenvalue weighted by molar-refractivity contribution is 0.565. The fourth-order valence-corrected chi connectivity index (χ4v) is 6.09. The molecule has 0 aliphatic carbocycles. The highest BCUT2D eigenvalue weighted by atomic mass is 32.1. The number of nitrogens with one attached hydrogen (secondary N) is 1. The minimum atomic E-state index is -0.0776. The summed E-state index contributed by atoms with van der Waals surface area (Å²) in [5.41, 5.74) is 9.24. The van der Waals surface area contributed by atoms with E-state index in [4.69, 9.17) is 17.2 Å². The molecule has 0 unspecified atom stereocenters. The van der Waals surface area contributed by atoms with Crippen LogP contribution in [0.2, 0.25) is 0 Å². The van der Waals surface area contributed by atoms with Crippen molar-refractivity contribution in [1.29, 1.82) is 0 Å². The molecule has 0 saturated carbocycles. The fourth-order valence-electron chi connectivity index (χ4n) is 5.75. The van der Waals surface area contributed by atoms with E-state index in [1.807, 2.05) is 18.3 Å². The number of thiocarbonyl (C=S) groups is 1. The van der Waals surface area contributed by atoms with E-state index in [0.29, 0.717) is 5.11 Å². The van der Waals surface area contributed by atoms with E-state index >= 15 is 0 Å². The van der Waals surface area contributed by atoms with E-state index in [1.165, 1.54) is 22.6 Å². The Morgan fingerprint density at radius 1 is 0.872 bits per heavy atom. The Morgan fingerprint density at radius 3 is 2.10 bits per heavy atom. The number of aromatic nitrogens is 2. The van der Waals surface area contributed by atoms with E-state index in [9.17, 15) is 0 Å². The smallest absolute Gasteiger partial charge is 0.174 e. The predicted octanol–water partition coefficient (Wildman–Crippen LogP) is 6.58. The molecular weight excluding hydrogens is 500 g/mol. The zero-order chi connectivity index (χ0) is 27.7. The van der Waals surface area contributed by atoms with Gasteiger partial charge in [-0.05, 0) is 112 Å². The van der Waals surface area contributed by atoms with Gasteiger partial charge in [0.15, 0.2) is 5.11 Å². The quantitative estimate of drug-likeness (QED) is 0.256. The summed E-state index contributed by atoms with van der Waals surface area (Å²) in [6.07, 6.45) is 1.85. The molecule has 1 N–H and O–H groups in total. The third-order valence-electron chi connectivity index (χ3n) is 7.77. The summed E-state index contributed by atoms with van der Waals surface area (Å²) in [4.78, 5) is 11.5. The molecule has 39 heavy (non-hydrogen) atoms. The van der Waals surface area contributed by atoms with Gasteiger partial charge < -0.3 is 24.6 Å². The largest absolute Gasteiger partial charge is 0.378 e. The topological polar surface area (TPSA) is 39.6 Å². The van der Waals surface area contributed by atoms with Crippen molar-refractivity contribution in [2.45, 2.75) is 39.8 Å². The van der Waals surface area contributed by atoms with Crippen LogP contribution in [0.3, 0.4) is 0 Å². The van der Waals surface area contributed by atoms with Crippen molar-refractivity contribution in [3.8, 4) is 5.69 Å². The Bertz CT molecular complexity index is 1420. The van der Waals surface area contributed by atoms with Crippen LogP contribution >= 0.6 is 12.2 Å². The summed E-state index contributed by atoms with van der Waals surface area (Å²) < 4.78 is 2.35. The second kappa shape index (κ2) is 11.1. The maximum absolute atomic E-state index is 5.96. The van der Waals surface area contributed by atoms with Crippen molar-refractivity contribution in [2.75, 3.05) is 41.9 Å². The van der Waals surface area contributed by atoms with Crippen molar-refractivity contribution in [3.63, 3.8) is 0 Å². The Morgan fingerprint density at radius 2 is 1.51 bits per heavy atom. The lowest BCUT2D eigenvalue weighted by Gasteiger charge is -2.28. The van der Waals surface area contributed by atoms with Crippen molar-refractivity contribution >= 4 is 34.4 Å². The zero-order valence-electron chi connectivity index (χ0n) is 23.7. The normalized spacial score (nSPS) is 16.9. The lowest BCUT2D eigenvalue weighted by Crippen LogP contribution is -2.29.